The third kappa shape index (κ3) is 4.64. The van der Waals surface area contributed by atoms with Gasteiger partial charge in [0.2, 0.25) is 0 Å². The number of halogens is 3. The number of amides is 1. The summed E-state index contributed by atoms with van der Waals surface area (Å²) < 4.78 is 29.0. The van der Waals surface area contributed by atoms with Crippen LogP contribution in [0.3, 0.4) is 0 Å². The molecule has 4 heterocycles. The van der Waals surface area contributed by atoms with Crippen molar-refractivity contribution in [2.75, 3.05) is 52.3 Å². The molecule has 2 aliphatic rings. The number of benzene rings is 1. The molecule has 2 aliphatic heterocycles. The van der Waals surface area contributed by atoms with Crippen LogP contribution >= 0.6 is 27.5 Å². The van der Waals surface area contributed by atoms with Gasteiger partial charge in [0.15, 0.2) is 11.6 Å². The summed E-state index contributed by atoms with van der Waals surface area (Å²) in [5.41, 5.74) is 0.969. The van der Waals surface area contributed by atoms with Crippen LogP contribution in [0.5, 0.6) is 0 Å². The lowest BCUT2D eigenvalue weighted by Gasteiger charge is -2.43. The third-order valence-electron chi connectivity index (χ3n) is 7.06. The maximum atomic E-state index is 15.5. The molecule has 2 atom stereocenters. The van der Waals surface area contributed by atoms with Gasteiger partial charge in [0.05, 0.1) is 40.0 Å². The molecule has 0 radical (unpaired) electrons. The van der Waals surface area contributed by atoms with Crippen LogP contribution in [0, 0.1) is 5.82 Å². The van der Waals surface area contributed by atoms with Crippen molar-refractivity contribution < 1.29 is 18.7 Å². The number of likely N-dealkylation sites (N-methyl/N-ethyl adjacent to an activating group) is 1. The first-order valence-corrected chi connectivity index (χ1v) is 13.3. The number of rotatable bonds is 4. The van der Waals surface area contributed by atoms with E-state index in [9.17, 15) is 4.79 Å². The molecule has 1 amide bonds. The average molecular weight is 598 g/mol. The molecular weight excluding hydrogens is 567 g/mol. The smallest absolute Gasteiger partial charge is 0.410 e. The second-order valence-corrected chi connectivity index (χ2v) is 12.1. The molecule has 37 heavy (non-hydrogen) atoms. The Labute approximate surface area is 228 Å². The summed E-state index contributed by atoms with van der Waals surface area (Å²) in [5.74, 6) is 0.108. The Kier molecular flexibility index (Phi) is 6.79. The van der Waals surface area contributed by atoms with Crippen molar-refractivity contribution in [3.63, 3.8) is 0 Å². The molecule has 2 aromatic heterocycles. The molecule has 5 rings (SSSR count). The van der Waals surface area contributed by atoms with Crippen molar-refractivity contribution in [3.8, 4) is 0 Å². The van der Waals surface area contributed by atoms with Gasteiger partial charge in [0.25, 0.3) is 0 Å². The summed E-state index contributed by atoms with van der Waals surface area (Å²) in [6, 6.07) is 1.83. The Bertz CT molecular complexity index is 1370. The van der Waals surface area contributed by atoms with Gasteiger partial charge in [-0.3, -0.25) is 0 Å². The minimum atomic E-state index is -0.612. The number of aromatic nitrogens is 3. The maximum Gasteiger partial charge on any atom is 0.410 e. The summed E-state index contributed by atoms with van der Waals surface area (Å²) in [5, 5.41) is 0.799. The fourth-order valence-electron chi connectivity index (χ4n) is 4.98. The van der Waals surface area contributed by atoms with Crippen molar-refractivity contribution in [3.05, 3.63) is 27.7 Å². The number of anilines is 1. The van der Waals surface area contributed by atoms with E-state index in [0.29, 0.717) is 41.4 Å². The number of methoxy groups -OCH3 is 1. The van der Waals surface area contributed by atoms with E-state index in [1.807, 2.05) is 39.4 Å². The third-order valence-corrected chi connectivity index (χ3v) is 8.36. The SMILES string of the molecule is CO[C@@H]1CN(C(=O)OC(C)(C)C)C[C@H]1n1cnc2c(N3CC(N(C)C)C3)nc3c(F)c(Br)c(Cl)cc3c21. The summed E-state index contributed by atoms with van der Waals surface area (Å²) in [6.45, 7) is 7.76. The van der Waals surface area contributed by atoms with Gasteiger partial charge < -0.3 is 28.7 Å². The van der Waals surface area contributed by atoms with Crippen LogP contribution < -0.4 is 4.90 Å². The first kappa shape index (κ1) is 26.4. The normalized spacial score (nSPS) is 20.9. The van der Waals surface area contributed by atoms with Crippen LogP contribution in [0.25, 0.3) is 21.9 Å². The van der Waals surface area contributed by atoms with Crippen LogP contribution in [0.2, 0.25) is 5.02 Å². The van der Waals surface area contributed by atoms with E-state index in [2.05, 4.69) is 25.7 Å². The van der Waals surface area contributed by atoms with E-state index >= 15 is 4.39 Å². The lowest BCUT2D eigenvalue weighted by Crippen LogP contribution is -2.57. The molecule has 2 fully saturated rings. The van der Waals surface area contributed by atoms with Crippen molar-refractivity contribution in [1.82, 2.24) is 24.3 Å². The van der Waals surface area contributed by atoms with E-state index in [4.69, 9.17) is 31.0 Å². The molecule has 200 valence electrons. The number of nitrogens with zero attached hydrogens (tertiary/aromatic N) is 6. The van der Waals surface area contributed by atoms with Crippen molar-refractivity contribution in [1.29, 1.82) is 0 Å². The second kappa shape index (κ2) is 9.52. The first-order chi connectivity index (χ1) is 17.4. The Morgan fingerprint density at radius 2 is 1.92 bits per heavy atom. The van der Waals surface area contributed by atoms with Gasteiger partial charge >= 0.3 is 6.09 Å². The van der Waals surface area contributed by atoms with E-state index in [1.54, 1.807) is 24.4 Å². The van der Waals surface area contributed by atoms with Gasteiger partial charge in [-0.2, -0.15) is 0 Å². The standard InChI is InChI=1S/C25H31BrClFN6O3/c1-25(2,3)37-24(35)33-10-16(17(11-33)36-6)34-12-29-21-22(34)14-7-15(27)18(26)19(28)20(14)30-23(21)32-8-13(9-32)31(4)5/h7,12-13,16-17H,8-11H2,1-6H3/t16-,17-/m1/s1. The zero-order valence-electron chi connectivity index (χ0n) is 21.8. The average Bonchev–Trinajstić information content (AvgIpc) is 3.40. The number of carbonyl (C=O) groups excluding carboxylic acids is 1. The first-order valence-electron chi connectivity index (χ1n) is 12.2. The quantitative estimate of drug-likeness (QED) is 0.404. The number of pyridine rings is 1. The van der Waals surface area contributed by atoms with E-state index < -0.39 is 17.5 Å². The Morgan fingerprint density at radius 1 is 1.22 bits per heavy atom. The van der Waals surface area contributed by atoms with Crippen molar-refractivity contribution in [2.45, 2.75) is 44.6 Å². The fraction of sp³-hybridized carbons (Fsp3) is 0.560. The molecular formula is C25H31BrClFN6O3. The summed E-state index contributed by atoms with van der Waals surface area (Å²) in [4.78, 5) is 28.2. The highest BCUT2D eigenvalue weighted by molar-refractivity contribution is 9.10. The molecule has 2 saturated heterocycles. The van der Waals surface area contributed by atoms with Crippen LogP contribution in [0.15, 0.2) is 16.9 Å². The van der Waals surface area contributed by atoms with Crippen molar-refractivity contribution >= 4 is 61.4 Å². The summed E-state index contributed by atoms with van der Waals surface area (Å²) in [6.07, 6.45) is 1.01. The van der Waals surface area contributed by atoms with E-state index in [0.717, 1.165) is 13.1 Å². The van der Waals surface area contributed by atoms with Gasteiger partial charge in [0.1, 0.15) is 16.6 Å². The number of hydrogen-bond acceptors (Lipinski definition) is 7. The molecule has 9 nitrogen and oxygen atoms in total. The number of carbonyl (C=O) groups is 1. The molecule has 0 spiro atoms. The molecule has 12 heteroatoms. The van der Waals surface area contributed by atoms with Gasteiger partial charge in [0, 0.05) is 38.2 Å². The highest BCUT2D eigenvalue weighted by Gasteiger charge is 2.40. The largest absolute Gasteiger partial charge is 0.444 e. The minimum Gasteiger partial charge on any atom is -0.444 e. The molecule has 0 aliphatic carbocycles. The zero-order valence-corrected chi connectivity index (χ0v) is 24.1. The maximum absolute atomic E-state index is 15.5. The molecule has 1 aromatic carbocycles. The van der Waals surface area contributed by atoms with Gasteiger partial charge in [-0.25, -0.2) is 19.2 Å². The zero-order chi connectivity index (χ0) is 26.8. The predicted octanol–water partition coefficient (Wildman–Crippen LogP) is 4.70. The van der Waals surface area contributed by atoms with Crippen LogP contribution in [-0.2, 0) is 9.47 Å². The fourth-order valence-corrected chi connectivity index (χ4v) is 5.48. The monoisotopic (exact) mass is 596 g/mol. The number of fused-ring (bicyclic) bond motifs is 3. The molecule has 0 N–H and O–H groups in total. The molecule has 0 saturated carbocycles. The number of imidazole rings is 1. The Hall–Kier alpha value is -2.21. The molecule has 3 aromatic rings. The van der Waals surface area contributed by atoms with Crippen LogP contribution in [0.4, 0.5) is 15.0 Å². The highest BCUT2D eigenvalue weighted by Crippen LogP contribution is 2.40. The van der Waals surface area contributed by atoms with Gasteiger partial charge in [-0.05, 0) is 56.9 Å². The highest BCUT2D eigenvalue weighted by atomic mass is 79.9. The van der Waals surface area contributed by atoms with Gasteiger partial charge in [-0.15, -0.1) is 0 Å². The molecule has 0 bridgehead atoms. The van der Waals surface area contributed by atoms with Crippen molar-refractivity contribution in [2.24, 2.45) is 0 Å². The lowest BCUT2D eigenvalue weighted by atomic mass is 10.1. The Morgan fingerprint density at radius 3 is 2.54 bits per heavy atom. The molecule has 0 unspecified atom stereocenters. The second-order valence-electron chi connectivity index (χ2n) is 10.9. The summed E-state index contributed by atoms with van der Waals surface area (Å²) in [7, 11) is 5.70. The topological polar surface area (TPSA) is 76.0 Å². The number of likely N-dealkylation sites (tertiary alicyclic amines) is 1. The Balaban J connectivity index is 1.63. The minimum absolute atomic E-state index is 0.173. The summed E-state index contributed by atoms with van der Waals surface area (Å²) >= 11 is 9.66. The number of ether oxygens (including phenoxy) is 2. The van der Waals surface area contributed by atoms with Crippen LogP contribution in [0.1, 0.15) is 26.8 Å². The van der Waals surface area contributed by atoms with E-state index in [-0.39, 0.29) is 27.2 Å². The lowest BCUT2D eigenvalue weighted by molar-refractivity contribution is 0.0252. The van der Waals surface area contributed by atoms with Crippen LogP contribution in [-0.4, -0.2) is 95.6 Å². The van der Waals surface area contributed by atoms with E-state index in [1.165, 1.54) is 0 Å². The predicted molar refractivity (Wildman–Crippen MR) is 145 cm³/mol. The van der Waals surface area contributed by atoms with Gasteiger partial charge in [-0.1, -0.05) is 11.6 Å². The number of hydrogen-bond donors (Lipinski definition) is 0.